The second kappa shape index (κ2) is 9.56. The number of amides is 2. The number of imide groups is 1. The summed E-state index contributed by atoms with van der Waals surface area (Å²) < 4.78 is 16.8. The van der Waals surface area contributed by atoms with E-state index < -0.39 is 0 Å². The Balaban J connectivity index is 1.70. The highest BCUT2D eigenvalue weighted by Crippen LogP contribution is 2.37. The van der Waals surface area contributed by atoms with Gasteiger partial charge in [0.25, 0.3) is 11.1 Å². The minimum Gasteiger partial charge on any atom is -0.493 e. The van der Waals surface area contributed by atoms with E-state index in [1.165, 1.54) is 12.0 Å². The molecule has 0 aliphatic carbocycles. The van der Waals surface area contributed by atoms with E-state index in [-0.39, 0.29) is 24.3 Å². The Hall–Kier alpha value is -2.16. The molecule has 1 saturated heterocycles. The molecule has 1 aliphatic heterocycles. The van der Waals surface area contributed by atoms with Crippen molar-refractivity contribution in [2.24, 2.45) is 0 Å². The van der Waals surface area contributed by atoms with Crippen molar-refractivity contribution in [2.45, 2.75) is 0 Å². The number of benzene rings is 2. The van der Waals surface area contributed by atoms with Gasteiger partial charge in [-0.15, -0.1) is 0 Å². The molecule has 0 aromatic heterocycles. The van der Waals surface area contributed by atoms with Gasteiger partial charge in [-0.05, 0) is 59.8 Å². The van der Waals surface area contributed by atoms with Crippen molar-refractivity contribution in [3.05, 3.63) is 56.4 Å². The van der Waals surface area contributed by atoms with Gasteiger partial charge in [-0.2, -0.15) is 0 Å². The molecule has 3 rings (SSSR count). The summed E-state index contributed by atoms with van der Waals surface area (Å²) in [7, 11) is 3.07. The quantitative estimate of drug-likeness (QED) is 0.487. The van der Waals surface area contributed by atoms with Crippen LogP contribution in [0.25, 0.3) is 6.08 Å². The molecule has 0 atom stereocenters. The van der Waals surface area contributed by atoms with Gasteiger partial charge in [-0.25, -0.2) is 0 Å². The number of rotatable bonds is 7. The van der Waals surface area contributed by atoms with Crippen molar-refractivity contribution in [3.8, 4) is 17.2 Å². The predicted octanol–water partition coefficient (Wildman–Crippen LogP) is 5.24. The number of hydrogen-bond acceptors (Lipinski definition) is 6. The maximum absolute atomic E-state index is 12.7. The number of thioether (sulfide) groups is 1. The average molecular weight is 499 g/mol. The lowest BCUT2D eigenvalue weighted by molar-refractivity contribution is -0.123. The number of halogens is 2. The van der Waals surface area contributed by atoms with E-state index in [1.807, 2.05) is 0 Å². The Kier molecular flexibility index (Phi) is 7.10. The average Bonchev–Trinajstić information content (AvgIpc) is 2.98. The minimum atomic E-state index is -0.360. The number of hydrogen-bond donors (Lipinski definition) is 0. The van der Waals surface area contributed by atoms with E-state index in [4.69, 9.17) is 25.8 Å². The van der Waals surface area contributed by atoms with Crippen LogP contribution in [0.15, 0.2) is 45.8 Å². The molecule has 0 N–H and O–H groups in total. The van der Waals surface area contributed by atoms with E-state index in [1.54, 1.807) is 49.6 Å². The third kappa shape index (κ3) is 5.07. The lowest BCUT2D eigenvalue weighted by Gasteiger charge is -2.13. The highest BCUT2D eigenvalue weighted by molar-refractivity contribution is 9.10. The zero-order valence-corrected chi connectivity index (χ0v) is 18.8. The second-order valence-electron chi connectivity index (χ2n) is 5.86. The molecule has 1 heterocycles. The molecule has 0 saturated carbocycles. The Morgan fingerprint density at radius 3 is 2.41 bits per heavy atom. The van der Waals surface area contributed by atoms with Crippen LogP contribution in [0.2, 0.25) is 5.02 Å². The zero-order valence-electron chi connectivity index (χ0n) is 15.6. The largest absolute Gasteiger partial charge is 0.493 e. The Labute approximate surface area is 185 Å². The molecule has 9 heteroatoms. The summed E-state index contributed by atoms with van der Waals surface area (Å²) in [4.78, 5) is 26.4. The molecule has 0 bridgehead atoms. The van der Waals surface area contributed by atoms with E-state index in [2.05, 4.69) is 15.9 Å². The first kappa shape index (κ1) is 21.5. The summed E-state index contributed by atoms with van der Waals surface area (Å²) in [5.74, 6) is 1.34. The van der Waals surface area contributed by atoms with Gasteiger partial charge in [0.05, 0.1) is 25.7 Å². The maximum atomic E-state index is 12.7. The van der Waals surface area contributed by atoms with Crippen LogP contribution < -0.4 is 14.2 Å². The molecule has 6 nitrogen and oxygen atoms in total. The summed E-state index contributed by atoms with van der Waals surface area (Å²) in [5, 5.41) is 0.271. The molecule has 152 valence electrons. The summed E-state index contributed by atoms with van der Waals surface area (Å²) in [6.45, 7) is 0.338. The molecule has 2 aromatic rings. The Morgan fingerprint density at radius 2 is 1.76 bits per heavy atom. The monoisotopic (exact) mass is 497 g/mol. The van der Waals surface area contributed by atoms with E-state index in [9.17, 15) is 9.59 Å². The highest BCUT2D eigenvalue weighted by Gasteiger charge is 2.35. The standard InChI is InChI=1S/C20H17BrClNO5S/c1-26-16-9-12(15(21)11-17(16)27-2)10-18-19(24)23(20(25)29-18)7-8-28-14-5-3-13(22)4-6-14/h3-6,9-11H,7-8H2,1-2H3/b18-10-. The van der Waals surface area contributed by atoms with Gasteiger partial charge in [-0.1, -0.05) is 27.5 Å². The van der Waals surface area contributed by atoms with Gasteiger partial charge < -0.3 is 14.2 Å². The summed E-state index contributed by atoms with van der Waals surface area (Å²) in [6, 6.07) is 10.4. The SMILES string of the molecule is COc1cc(Br)c(/C=C2\SC(=O)N(CCOc3ccc(Cl)cc3)C2=O)cc1OC. The molecule has 1 fully saturated rings. The van der Waals surface area contributed by atoms with Gasteiger partial charge >= 0.3 is 0 Å². The van der Waals surface area contributed by atoms with E-state index >= 15 is 0 Å². The predicted molar refractivity (Wildman–Crippen MR) is 117 cm³/mol. The van der Waals surface area contributed by atoms with Crippen molar-refractivity contribution in [1.29, 1.82) is 0 Å². The first-order chi connectivity index (χ1) is 13.9. The molecule has 1 aliphatic rings. The van der Waals surface area contributed by atoms with Gasteiger partial charge in [0.1, 0.15) is 12.4 Å². The van der Waals surface area contributed by atoms with Crippen LogP contribution in [0.5, 0.6) is 17.2 Å². The fourth-order valence-electron chi connectivity index (χ4n) is 2.60. The lowest BCUT2D eigenvalue weighted by atomic mass is 10.2. The first-order valence-corrected chi connectivity index (χ1v) is 10.5. The van der Waals surface area contributed by atoms with Gasteiger partial charge in [0.15, 0.2) is 11.5 Å². The summed E-state index contributed by atoms with van der Waals surface area (Å²) in [5.41, 5.74) is 0.700. The van der Waals surface area contributed by atoms with Crippen LogP contribution in [-0.4, -0.2) is 43.4 Å². The van der Waals surface area contributed by atoms with Crippen molar-refractivity contribution >= 4 is 56.5 Å². The molecule has 2 aromatic carbocycles. The number of carbonyl (C=O) groups is 2. The lowest BCUT2D eigenvalue weighted by Crippen LogP contribution is -2.32. The Bertz CT molecular complexity index is 964. The van der Waals surface area contributed by atoms with Gasteiger partial charge in [0, 0.05) is 9.50 Å². The molecule has 29 heavy (non-hydrogen) atoms. The fraction of sp³-hybridized carbons (Fsp3) is 0.200. The Morgan fingerprint density at radius 1 is 1.10 bits per heavy atom. The van der Waals surface area contributed by atoms with Crippen LogP contribution in [-0.2, 0) is 4.79 Å². The number of ether oxygens (including phenoxy) is 3. The van der Waals surface area contributed by atoms with E-state index in [0.717, 1.165) is 11.8 Å². The van der Waals surface area contributed by atoms with Crippen LogP contribution in [0.3, 0.4) is 0 Å². The third-order valence-electron chi connectivity index (χ3n) is 4.06. The third-order valence-corrected chi connectivity index (χ3v) is 5.91. The highest BCUT2D eigenvalue weighted by atomic mass is 79.9. The number of carbonyl (C=O) groups excluding carboxylic acids is 2. The van der Waals surface area contributed by atoms with Gasteiger partial charge in [-0.3, -0.25) is 14.5 Å². The van der Waals surface area contributed by atoms with Crippen molar-refractivity contribution in [2.75, 3.05) is 27.4 Å². The van der Waals surface area contributed by atoms with Crippen molar-refractivity contribution < 1.29 is 23.8 Å². The molecule has 0 spiro atoms. The smallest absolute Gasteiger partial charge is 0.293 e. The van der Waals surface area contributed by atoms with Crippen LogP contribution in [0.4, 0.5) is 4.79 Å². The summed E-state index contributed by atoms with van der Waals surface area (Å²) in [6.07, 6.45) is 1.65. The van der Waals surface area contributed by atoms with Crippen molar-refractivity contribution in [1.82, 2.24) is 4.90 Å². The van der Waals surface area contributed by atoms with Crippen molar-refractivity contribution in [3.63, 3.8) is 0 Å². The van der Waals surface area contributed by atoms with Crippen LogP contribution in [0, 0.1) is 0 Å². The molecule has 2 amide bonds. The number of methoxy groups -OCH3 is 2. The number of nitrogens with zero attached hydrogens (tertiary/aromatic N) is 1. The first-order valence-electron chi connectivity index (χ1n) is 8.48. The van der Waals surface area contributed by atoms with Crippen LogP contribution >= 0.6 is 39.3 Å². The normalized spacial score (nSPS) is 15.2. The molecule has 0 radical (unpaired) electrons. The van der Waals surface area contributed by atoms with Crippen LogP contribution in [0.1, 0.15) is 5.56 Å². The maximum Gasteiger partial charge on any atom is 0.293 e. The molecular weight excluding hydrogens is 482 g/mol. The van der Waals surface area contributed by atoms with E-state index in [0.29, 0.717) is 37.2 Å². The molecular formula is C20H17BrClNO5S. The zero-order chi connectivity index (χ0) is 21.0. The minimum absolute atomic E-state index is 0.151. The fourth-order valence-corrected chi connectivity index (χ4v) is 4.02. The second-order valence-corrected chi connectivity index (χ2v) is 8.15. The van der Waals surface area contributed by atoms with Gasteiger partial charge in [0.2, 0.25) is 0 Å². The topological polar surface area (TPSA) is 65.1 Å². The molecule has 0 unspecified atom stereocenters. The summed E-state index contributed by atoms with van der Waals surface area (Å²) >= 11 is 10.2.